The van der Waals surface area contributed by atoms with E-state index in [4.69, 9.17) is 0 Å². The number of aryl methyl sites for hydroxylation is 1. The third kappa shape index (κ3) is 2.26. The summed E-state index contributed by atoms with van der Waals surface area (Å²) in [6, 6.07) is 2.20. The Morgan fingerprint density at radius 3 is 2.29 bits per heavy atom. The van der Waals surface area contributed by atoms with Gasteiger partial charge in [-0.3, -0.25) is 0 Å². The molecule has 1 rings (SSSR count). The third-order valence-corrected chi connectivity index (χ3v) is 2.35. The summed E-state index contributed by atoms with van der Waals surface area (Å²) in [6.07, 6.45) is -4.63. The average Bonchev–Trinajstić information content (AvgIpc) is 2.06. The van der Waals surface area contributed by atoms with Crippen LogP contribution in [0.5, 0.6) is 0 Å². The molecular formula is C9H7BrF4. The zero-order chi connectivity index (χ0) is 10.9. The second-order valence-electron chi connectivity index (χ2n) is 2.92. The fourth-order valence-corrected chi connectivity index (χ4v) is 1.56. The highest BCUT2D eigenvalue weighted by molar-refractivity contribution is 9.08. The van der Waals surface area contributed by atoms with E-state index in [1.54, 1.807) is 0 Å². The lowest BCUT2D eigenvalue weighted by molar-refractivity contribution is -0.140. The smallest absolute Gasteiger partial charge is 0.206 e. The summed E-state index contributed by atoms with van der Waals surface area (Å²) in [7, 11) is 0. The maximum absolute atomic E-state index is 13.2. The maximum atomic E-state index is 13.2. The van der Waals surface area contributed by atoms with Gasteiger partial charge in [0.15, 0.2) is 0 Å². The summed E-state index contributed by atoms with van der Waals surface area (Å²) >= 11 is 2.94. The number of alkyl halides is 4. The quantitative estimate of drug-likeness (QED) is 0.534. The molecule has 0 nitrogen and oxygen atoms in total. The molecule has 0 fully saturated rings. The number of benzene rings is 1. The molecule has 0 N–H and O–H groups in total. The van der Waals surface area contributed by atoms with Crippen LogP contribution in [0.15, 0.2) is 12.1 Å². The van der Waals surface area contributed by atoms with Crippen molar-refractivity contribution in [2.24, 2.45) is 0 Å². The first kappa shape index (κ1) is 11.5. The SMILES string of the molecule is Cc1cc(CBr)c(F)c(C(F)(F)F)c1. The van der Waals surface area contributed by atoms with Crippen molar-refractivity contribution < 1.29 is 17.6 Å². The Hall–Kier alpha value is -0.580. The molecule has 0 aliphatic heterocycles. The largest absolute Gasteiger partial charge is 0.419 e. The predicted octanol–water partition coefficient (Wildman–Crippen LogP) is 4.05. The molecule has 0 aromatic heterocycles. The van der Waals surface area contributed by atoms with Crippen LogP contribution in [0.25, 0.3) is 0 Å². The van der Waals surface area contributed by atoms with Crippen LogP contribution in [0, 0.1) is 12.7 Å². The Labute approximate surface area is 87.1 Å². The molecule has 0 amide bonds. The predicted molar refractivity (Wildman–Crippen MR) is 48.8 cm³/mol. The van der Waals surface area contributed by atoms with Crippen molar-refractivity contribution in [2.75, 3.05) is 0 Å². The minimum atomic E-state index is -4.63. The summed E-state index contributed by atoms with van der Waals surface area (Å²) in [5.41, 5.74) is -0.780. The normalized spacial score (nSPS) is 11.9. The fraction of sp³-hybridized carbons (Fsp3) is 0.333. The van der Waals surface area contributed by atoms with Gasteiger partial charge in [-0.2, -0.15) is 13.2 Å². The molecular weight excluding hydrogens is 264 g/mol. The molecule has 0 heterocycles. The molecule has 1 aromatic carbocycles. The van der Waals surface area contributed by atoms with Crippen molar-refractivity contribution in [3.8, 4) is 0 Å². The van der Waals surface area contributed by atoms with Crippen molar-refractivity contribution in [1.82, 2.24) is 0 Å². The van der Waals surface area contributed by atoms with Gasteiger partial charge < -0.3 is 0 Å². The average molecular weight is 271 g/mol. The molecule has 78 valence electrons. The Morgan fingerprint density at radius 1 is 1.29 bits per heavy atom. The first-order chi connectivity index (χ1) is 6.36. The van der Waals surface area contributed by atoms with Crippen LogP contribution >= 0.6 is 15.9 Å². The van der Waals surface area contributed by atoms with Crippen molar-refractivity contribution in [1.29, 1.82) is 0 Å². The van der Waals surface area contributed by atoms with Crippen LogP contribution in [0.1, 0.15) is 16.7 Å². The molecule has 0 saturated carbocycles. The van der Waals surface area contributed by atoms with Crippen molar-refractivity contribution in [3.05, 3.63) is 34.6 Å². The second-order valence-corrected chi connectivity index (χ2v) is 3.48. The molecule has 0 aliphatic carbocycles. The monoisotopic (exact) mass is 270 g/mol. The molecule has 1 aromatic rings. The van der Waals surface area contributed by atoms with Crippen molar-refractivity contribution in [2.45, 2.75) is 18.4 Å². The standard InChI is InChI=1S/C9H7BrF4/c1-5-2-6(4-10)8(11)7(3-5)9(12,13)14/h2-3H,4H2,1H3. The third-order valence-electron chi connectivity index (χ3n) is 1.74. The number of hydrogen-bond donors (Lipinski definition) is 0. The van der Waals surface area contributed by atoms with E-state index in [-0.39, 0.29) is 10.9 Å². The van der Waals surface area contributed by atoms with Gasteiger partial charge in [0, 0.05) is 5.33 Å². The first-order valence-corrected chi connectivity index (χ1v) is 4.90. The van der Waals surface area contributed by atoms with Gasteiger partial charge in [0.05, 0.1) is 5.56 Å². The molecule has 5 heteroatoms. The Morgan fingerprint density at radius 2 is 1.86 bits per heavy atom. The second kappa shape index (κ2) is 3.88. The van der Waals surface area contributed by atoms with Crippen molar-refractivity contribution in [3.63, 3.8) is 0 Å². The van der Waals surface area contributed by atoms with Crippen LogP contribution in [-0.2, 0) is 11.5 Å². The first-order valence-electron chi connectivity index (χ1n) is 3.78. The van der Waals surface area contributed by atoms with Gasteiger partial charge in [-0.05, 0) is 18.6 Å². The fourth-order valence-electron chi connectivity index (χ4n) is 1.15. The van der Waals surface area contributed by atoms with E-state index >= 15 is 0 Å². The molecule has 0 aliphatic rings. The zero-order valence-corrected chi connectivity index (χ0v) is 8.84. The Bertz CT molecular complexity index is 343. The minimum Gasteiger partial charge on any atom is -0.206 e. The molecule has 14 heavy (non-hydrogen) atoms. The highest BCUT2D eigenvalue weighted by atomic mass is 79.9. The van der Waals surface area contributed by atoms with Gasteiger partial charge in [0.2, 0.25) is 0 Å². The van der Waals surface area contributed by atoms with Crippen molar-refractivity contribution >= 4 is 15.9 Å². The molecule has 0 bridgehead atoms. The lowest BCUT2D eigenvalue weighted by atomic mass is 10.1. The minimum absolute atomic E-state index is 0.0253. The van der Waals surface area contributed by atoms with Crippen LogP contribution < -0.4 is 0 Å². The van der Waals surface area contributed by atoms with Crippen LogP contribution in [0.3, 0.4) is 0 Å². The summed E-state index contributed by atoms with van der Waals surface area (Å²) in [6.45, 7) is 1.50. The van der Waals surface area contributed by atoms with E-state index in [0.29, 0.717) is 5.56 Å². The van der Waals surface area contributed by atoms with Crippen LogP contribution in [0.2, 0.25) is 0 Å². The van der Waals surface area contributed by atoms with Crippen LogP contribution in [0.4, 0.5) is 17.6 Å². The summed E-state index contributed by atoms with van der Waals surface area (Å²) in [5, 5.41) is 0.0730. The van der Waals surface area contributed by atoms with E-state index < -0.39 is 17.6 Å². The summed E-state index contributed by atoms with van der Waals surface area (Å²) in [5.74, 6) is -1.19. The van der Waals surface area contributed by atoms with Gasteiger partial charge >= 0.3 is 6.18 Å². The molecule has 0 atom stereocenters. The zero-order valence-electron chi connectivity index (χ0n) is 7.25. The van der Waals surface area contributed by atoms with E-state index in [9.17, 15) is 17.6 Å². The molecule has 0 saturated heterocycles. The summed E-state index contributed by atoms with van der Waals surface area (Å²) in [4.78, 5) is 0. The van der Waals surface area contributed by atoms with Crippen LogP contribution in [-0.4, -0.2) is 0 Å². The molecule has 0 spiro atoms. The van der Waals surface area contributed by atoms with E-state index in [1.807, 2.05) is 0 Å². The molecule has 0 unspecified atom stereocenters. The topological polar surface area (TPSA) is 0 Å². The van der Waals surface area contributed by atoms with E-state index in [1.165, 1.54) is 13.0 Å². The lowest BCUT2D eigenvalue weighted by Gasteiger charge is -2.11. The number of halogens is 5. The lowest BCUT2D eigenvalue weighted by Crippen LogP contribution is -2.10. The molecule has 0 radical (unpaired) electrons. The van der Waals surface area contributed by atoms with E-state index in [0.717, 1.165) is 6.07 Å². The maximum Gasteiger partial charge on any atom is 0.419 e. The van der Waals surface area contributed by atoms with Gasteiger partial charge in [0.1, 0.15) is 5.82 Å². The number of rotatable bonds is 1. The van der Waals surface area contributed by atoms with Gasteiger partial charge in [-0.15, -0.1) is 0 Å². The van der Waals surface area contributed by atoms with Gasteiger partial charge in [0.25, 0.3) is 0 Å². The number of hydrogen-bond acceptors (Lipinski definition) is 0. The summed E-state index contributed by atoms with van der Waals surface area (Å²) < 4.78 is 50.1. The highest BCUT2D eigenvalue weighted by Gasteiger charge is 2.35. The Kier molecular flexibility index (Phi) is 3.19. The van der Waals surface area contributed by atoms with E-state index in [2.05, 4.69) is 15.9 Å². The Balaban J connectivity index is 3.37. The van der Waals surface area contributed by atoms with Gasteiger partial charge in [-0.25, -0.2) is 4.39 Å². The van der Waals surface area contributed by atoms with Gasteiger partial charge in [-0.1, -0.05) is 27.6 Å². The highest BCUT2D eigenvalue weighted by Crippen LogP contribution is 2.33.